The molecule has 0 aromatic carbocycles. The van der Waals surface area contributed by atoms with Crippen molar-refractivity contribution in [1.82, 2.24) is 9.21 Å². The molecule has 0 aromatic rings. The molecule has 8 nitrogen and oxygen atoms in total. The fourth-order valence-corrected chi connectivity index (χ4v) is 5.39. The second kappa shape index (κ2) is 7.03. The normalized spacial score (nSPS) is 20.3. The maximum absolute atomic E-state index is 12.1. The molecule has 0 spiro atoms. The van der Waals surface area contributed by atoms with E-state index in [4.69, 9.17) is 11.1 Å². The number of hydrogen-bond donors (Lipinski definition) is 2. The van der Waals surface area contributed by atoms with Gasteiger partial charge in [0.05, 0.1) is 17.5 Å². The molecule has 1 heterocycles. The van der Waals surface area contributed by atoms with E-state index >= 15 is 0 Å². The molecule has 21 heavy (non-hydrogen) atoms. The maximum Gasteiger partial charge on any atom is 0.215 e. The van der Waals surface area contributed by atoms with Crippen LogP contribution in [0.1, 0.15) is 13.3 Å². The van der Waals surface area contributed by atoms with Crippen LogP contribution >= 0.6 is 0 Å². The van der Waals surface area contributed by atoms with Crippen molar-refractivity contribution < 1.29 is 16.8 Å². The second-order valence-corrected chi connectivity index (χ2v) is 9.61. The molecule has 1 saturated heterocycles. The first kappa shape index (κ1) is 18.3. The Morgan fingerprint density at radius 3 is 2.05 bits per heavy atom. The van der Waals surface area contributed by atoms with Crippen molar-refractivity contribution in [2.75, 3.05) is 43.9 Å². The Balaban J connectivity index is 2.61. The molecule has 1 atom stereocenters. The molecular formula is C11H24N4O4S2. The van der Waals surface area contributed by atoms with Crippen molar-refractivity contribution in [3.05, 3.63) is 0 Å². The average Bonchev–Trinajstić information content (AvgIpc) is 2.37. The summed E-state index contributed by atoms with van der Waals surface area (Å²) in [7, 11) is -6.85. The quantitative estimate of drug-likeness (QED) is 0.438. The number of amidine groups is 1. The summed E-state index contributed by atoms with van der Waals surface area (Å²) < 4.78 is 47.7. The summed E-state index contributed by atoms with van der Waals surface area (Å²) in [5.74, 6) is -0.651. The Bertz CT molecular complexity index is 565. The van der Waals surface area contributed by atoms with Gasteiger partial charge in [0, 0.05) is 32.4 Å². The van der Waals surface area contributed by atoms with Crippen LogP contribution in [0.25, 0.3) is 0 Å². The van der Waals surface area contributed by atoms with Crippen LogP contribution in [-0.2, 0) is 19.9 Å². The first-order chi connectivity index (χ1) is 9.57. The Morgan fingerprint density at radius 2 is 1.67 bits per heavy atom. The van der Waals surface area contributed by atoms with Crippen LogP contribution in [0, 0.1) is 5.41 Å². The minimum atomic E-state index is -3.55. The summed E-state index contributed by atoms with van der Waals surface area (Å²) in [6.07, 6.45) is 1.73. The Labute approximate surface area is 126 Å². The fourth-order valence-electron chi connectivity index (χ4n) is 2.35. The number of sulfonamides is 1. The Kier molecular flexibility index (Phi) is 6.14. The number of rotatable bonds is 7. The van der Waals surface area contributed by atoms with Crippen molar-refractivity contribution in [3.63, 3.8) is 0 Å². The van der Waals surface area contributed by atoms with Gasteiger partial charge in [-0.1, -0.05) is 6.92 Å². The zero-order chi connectivity index (χ0) is 16.3. The van der Waals surface area contributed by atoms with E-state index in [0.717, 1.165) is 6.26 Å². The van der Waals surface area contributed by atoms with E-state index < -0.39 is 19.9 Å². The topological polar surface area (TPSA) is 125 Å². The molecule has 0 amide bonds. The number of nitrogens with zero attached hydrogens (tertiary/aromatic N) is 2. The molecule has 1 aliphatic heterocycles. The van der Waals surface area contributed by atoms with Crippen LogP contribution in [0.15, 0.2) is 0 Å². The largest absolute Gasteiger partial charge is 0.386 e. The SMILES string of the molecule is CCC(C(=N)N)N1CCN(S(=O)(=O)CCS(C)(=O)=O)CC1. The highest BCUT2D eigenvalue weighted by atomic mass is 32.2. The molecular weight excluding hydrogens is 316 g/mol. The van der Waals surface area contributed by atoms with E-state index in [1.807, 2.05) is 11.8 Å². The van der Waals surface area contributed by atoms with Crippen LogP contribution in [0.2, 0.25) is 0 Å². The predicted molar refractivity (Wildman–Crippen MR) is 82.6 cm³/mol. The maximum atomic E-state index is 12.1. The molecule has 0 radical (unpaired) electrons. The molecule has 1 fully saturated rings. The predicted octanol–water partition coefficient (Wildman–Crippen LogP) is -1.31. The highest BCUT2D eigenvalue weighted by molar-refractivity contribution is 7.93. The van der Waals surface area contributed by atoms with Gasteiger partial charge >= 0.3 is 0 Å². The van der Waals surface area contributed by atoms with E-state index in [9.17, 15) is 16.8 Å². The molecule has 124 valence electrons. The van der Waals surface area contributed by atoms with Crippen LogP contribution in [0.3, 0.4) is 0 Å². The lowest BCUT2D eigenvalue weighted by Crippen LogP contribution is -2.55. The zero-order valence-corrected chi connectivity index (χ0v) is 14.1. The lowest BCUT2D eigenvalue weighted by atomic mass is 10.1. The molecule has 1 rings (SSSR count). The number of sulfone groups is 1. The number of hydrogen-bond acceptors (Lipinski definition) is 6. The molecule has 1 unspecified atom stereocenters. The van der Waals surface area contributed by atoms with Gasteiger partial charge in [-0.2, -0.15) is 4.31 Å². The minimum Gasteiger partial charge on any atom is -0.386 e. The van der Waals surface area contributed by atoms with Crippen LogP contribution < -0.4 is 5.73 Å². The summed E-state index contributed by atoms with van der Waals surface area (Å²) >= 11 is 0. The van der Waals surface area contributed by atoms with Crippen molar-refractivity contribution in [2.24, 2.45) is 5.73 Å². The van der Waals surface area contributed by atoms with Crippen LogP contribution in [-0.4, -0.2) is 81.9 Å². The number of piperazine rings is 1. The van der Waals surface area contributed by atoms with Crippen LogP contribution in [0.4, 0.5) is 0 Å². The molecule has 0 bridgehead atoms. The van der Waals surface area contributed by atoms with Crippen LogP contribution in [0.5, 0.6) is 0 Å². The van der Waals surface area contributed by atoms with Crippen molar-refractivity contribution in [2.45, 2.75) is 19.4 Å². The van der Waals surface area contributed by atoms with Gasteiger partial charge in [-0.05, 0) is 6.42 Å². The number of nitrogens with two attached hydrogens (primary N) is 1. The Hall–Kier alpha value is -0.710. The summed E-state index contributed by atoms with van der Waals surface area (Å²) in [4.78, 5) is 1.99. The van der Waals surface area contributed by atoms with E-state index in [1.54, 1.807) is 0 Å². The van der Waals surface area contributed by atoms with Gasteiger partial charge in [-0.15, -0.1) is 0 Å². The minimum absolute atomic E-state index is 0.0888. The summed E-state index contributed by atoms with van der Waals surface area (Å²) in [5.41, 5.74) is 5.54. The Morgan fingerprint density at radius 1 is 1.14 bits per heavy atom. The first-order valence-corrected chi connectivity index (χ1v) is 10.5. The smallest absolute Gasteiger partial charge is 0.215 e. The third-order valence-corrected chi connectivity index (χ3v) is 6.64. The fraction of sp³-hybridized carbons (Fsp3) is 0.909. The van der Waals surface area contributed by atoms with E-state index in [-0.39, 0.29) is 23.4 Å². The molecule has 0 aromatic heterocycles. The third kappa shape index (κ3) is 5.53. The zero-order valence-electron chi connectivity index (χ0n) is 12.4. The second-order valence-electron chi connectivity index (χ2n) is 5.26. The van der Waals surface area contributed by atoms with Gasteiger partial charge in [0.15, 0.2) is 0 Å². The lowest BCUT2D eigenvalue weighted by molar-refractivity contribution is 0.164. The van der Waals surface area contributed by atoms with Gasteiger partial charge in [0.1, 0.15) is 15.7 Å². The average molecular weight is 340 g/mol. The highest BCUT2D eigenvalue weighted by Crippen LogP contribution is 2.12. The van der Waals surface area contributed by atoms with E-state index in [1.165, 1.54) is 4.31 Å². The summed E-state index contributed by atoms with van der Waals surface area (Å²) in [6.45, 7) is 3.53. The molecule has 1 aliphatic rings. The standard InChI is InChI=1S/C11H24N4O4S2/c1-3-10(11(12)13)14-4-6-15(7-5-14)21(18,19)9-8-20(2,16)17/h10H,3-9H2,1-2H3,(H3,12,13). The first-order valence-electron chi connectivity index (χ1n) is 6.80. The van der Waals surface area contributed by atoms with Gasteiger partial charge in [-0.3, -0.25) is 10.3 Å². The van der Waals surface area contributed by atoms with Gasteiger partial charge in [-0.25, -0.2) is 16.8 Å². The van der Waals surface area contributed by atoms with Crippen molar-refractivity contribution >= 4 is 25.7 Å². The summed E-state index contributed by atoms with van der Waals surface area (Å²) in [5, 5.41) is 7.53. The highest BCUT2D eigenvalue weighted by Gasteiger charge is 2.30. The monoisotopic (exact) mass is 340 g/mol. The molecule has 0 saturated carbocycles. The van der Waals surface area contributed by atoms with E-state index in [0.29, 0.717) is 32.6 Å². The van der Waals surface area contributed by atoms with Gasteiger partial charge in [0.2, 0.25) is 10.0 Å². The lowest BCUT2D eigenvalue weighted by Gasteiger charge is -2.37. The summed E-state index contributed by atoms with van der Waals surface area (Å²) in [6, 6.07) is -0.161. The van der Waals surface area contributed by atoms with Gasteiger partial charge in [0.25, 0.3) is 0 Å². The molecule has 0 aliphatic carbocycles. The van der Waals surface area contributed by atoms with E-state index in [2.05, 4.69) is 0 Å². The van der Waals surface area contributed by atoms with Crippen molar-refractivity contribution in [1.29, 1.82) is 5.41 Å². The molecule has 10 heteroatoms. The third-order valence-electron chi connectivity index (χ3n) is 3.57. The van der Waals surface area contributed by atoms with Gasteiger partial charge < -0.3 is 5.73 Å². The molecule has 3 N–H and O–H groups in total. The van der Waals surface area contributed by atoms with Crippen molar-refractivity contribution in [3.8, 4) is 0 Å². The number of nitrogens with one attached hydrogen (secondary N) is 1.